The molecule has 1 aromatic heterocycles. The summed E-state index contributed by atoms with van der Waals surface area (Å²) >= 11 is 0. The summed E-state index contributed by atoms with van der Waals surface area (Å²) in [5.41, 5.74) is 8.25. The average Bonchev–Trinajstić information content (AvgIpc) is 2.87. The first-order valence-corrected chi connectivity index (χ1v) is 7.69. The van der Waals surface area contributed by atoms with E-state index in [1.165, 1.54) is 5.56 Å². The Hall–Kier alpha value is -1.17. The molecule has 5 nitrogen and oxygen atoms in total. The van der Waals surface area contributed by atoms with Crippen LogP contribution < -0.4 is 21.1 Å². The molecule has 118 valence electrons. The van der Waals surface area contributed by atoms with Gasteiger partial charge in [-0.15, -0.1) is 0 Å². The van der Waals surface area contributed by atoms with Crippen molar-refractivity contribution in [3.63, 3.8) is 0 Å². The lowest BCUT2D eigenvalue weighted by Crippen LogP contribution is -2.44. The lowest BCUT2D eigenvalue weighted by Gasteiger charge is -2.31. The van der Waals surface area contributed by atoms with Gasteiger partial charge in [0, 0.05) is 51.9 Å². The van der Waals surface area contributed by atoms with Crippen molar-refractivity contribution in [1.82, 2.24) is 21.2 Å². The van der Waals surface area contributed by atoms with Crippen molar-refractivity contribution in [2.24, 2.45) is 11.3 Å². The van der Waals surface area contributed by atoms with E-state index < -0.39 is 0 Å². The first-order valence-electron chi connectivity index (χ1n) is 7.69. The smallest absolute Gasteiger partial charge is 0.128 e. The molecule has 1 aliphatic rings. The minimum Gasteiger partial charge on any atom is -0.363 e. The zero-order chi connectivity index (χ0) is 15.5. The highest BCUT2D eigenvalue weighted by molar-refractivity contribution is 5.38. The SMILES string of the molecule is CN(C)c1cc(CNCC2CNNC2C(C)(C)C)ccn1. The van der Waals surface area contributed by atoms with Crippen LogP contribution in [0.25, 0.3) is 0 Å². The summed E-state index contributed by atoms with van der Waals surface area (Å²) in [4.78, 5) is 6.38. The van der Waals surface area contributed by atoms with Crippen LogP contribution in [-0.4, -0.2) is 38.2 Å². The molecule has 2 heterocycles. The molecule has 0 aromatic carbocycles. The number of hydrogen-bond donors (Lipinski definition) is 3. The van der Waals surface area contributed by atoms with Gasteiger partial charge in [-0.25, -0.2) is 4.98 Å². The van der Waals surface area contributed by atoms with Gasteiger partial charge in [-0.3, -0.25) is 10.9 Å². The molecule has 2 rings (SSSR count). The van der Waals surface area contributed by atoms with Gasteiger partial charge in [0.05, 0.1) is 0 Å². The van der Waals surface area contributed by atoms with Crippen molar-refractivity contribution in [3.05, 3.63) is 23.9 Å². The van der Waals surface area contributed by atoms with Gasteiger partial charge in [-0.05, 0) is 23.1 Å². The third-order valence-electron chi connectivity index (χ3n) is 4.03. The highest BCUT2D eigenvalue weighted by atomic mass is 15.4. The molecule has 1 fully saturated rings. The van der Waals surface area contributed by atoms with Gasteiger partial charge >= 0.3 is 0 Å². The Kier molecular flexibility index (Phi) is 5.19. The van der Waals surface area contributed by atoms with Crippen LogP contribution in [0.3, 0.4) is 0 Å². The molecule has 21 heavy (non-hydrogen) atoms. The molecule has 2 unspecified atom stereocenters. The van der Waals surface area contributed by atoms with Gasteiger partial charge in [0.2, 0.25) is 0 Å². The van der Waals surface area contributed by atoms with E-state index in [4.69, 9.17) is 0 Å². The molecule has 3 N–H and O–H groups in total. The van der Waals surface area contributed by atoms with Crippen LogP contribution in [-0.2, 0) is 6.54 Å². The Morgan fingerprint density at radius 1 is 1.38 bits per heavy atom. The second-order valence-electron chi connectivity index (χ2n) is 7.18. The Morgan fingerprint density at radius 2 is 2.14 bits per heavy atom. The maximum atomic E-state index is 4.35. The van der Waals surface area contributed by atoms with Crippen molar-refractivity contribution in [2.75, 3.05) is 32.1 Å². The number of pyridine rings is 1. The van der Waals surface area contributed by atoms with Crippen LogP contribution in [0.5, 0.6) is 0 Å². The monoisotopic (exact) mass is 291 g/mol. The number of anilines is 1. The summed E-state index contributed by atoms with van der Waals surface area (Å²) in [6, 6.07) is 4.71. The minimum absolute atomic E-state index is 0.268. The summed E-state index contributed by atoms with van der Waals surface area (Å²) in [5, 5.41) is 3.59. The minimum atomic E-state index is 0.268. The van der Waals surface area contributed by atoms with E-state index in [0.717, 1.165) is 25.5 Å². The van der Waals surface area contributed by atoms with E-state index >= 15 is 0 Å². The van der Waals surface area contributed by atoms with E-state index in [0.29, 0.717) is 12.0 Å². The highest BCUT2D eigenvalue weighted by Gasteiger charge is 2.35. The molecule has 0 spiro atoms. The van der Waals surface area contributed by atoms with E-state index in [9.17, 15) is 0 Å². The maximum absolute atomic E-state index is 4.35. The molecule has 1 aliphatic heterocycles. The predicted molar refractivity (Wildman–Crippen MR) is 88.1 cm³/mol. The number of nitrogens with zero attached hydrogens (tertiary/aromatic N) is 2. The number of hydrogen-bond acceptors (Lipinski definition) is 5. The third-order valence-corrected chi connectivity index (χ3v) is 4.03. The van der Waals surface area contributed by atoms with Gasteiger partial charge in [-0.1, -0.05) is 20.8 Å². The van der Waals surface area contributed by atoms with Crippen molar-refractivity contribution < 1.29 is 0 Å². The molecule has 0 saturated carbocycles. The van der Waals surface area contributed by atoms with E-state index in [1.807, 2.05) is 25.2 Å². The molecule has 1 saturated heterocycles. The van der Waals surface area contributed by atoms with Crippen LogP contribution in [0.15, 0.2) is 18.3 Å². The van der Waals surface area contributed by atoms with Crippen LogP contribution in [0.2, 0.25) is 0 Å². The highest BCUT2D eigenvalue weighted by Crippen LogP contribution is 2.26. The Labute approximate surface area is 128 Å². The van der Waals surface area contributed by atoms with Gasteiger partial charge in [0.25, 0.3) is 0 Å². The van der Waals surface area contributed by atoms with E-state index in [-0.39, 0.29) is 5.41 Å². The molecule has 2 atom stereocenters. The number of nitrogens with one attached hydrogen (secondary N) is 3. The lowest BCUT2D eigenvalue weighted by atomic mass is 9.80. The summed E-state index contributed by atoms with van der Waals surface area (Å²) in [6.45, 7) is 9.79. The van der Waals surface area contributed by atoms with Crippen LogP contribution >= 0.6 is 0 Å². The summed E-state index contributed by atoms with van der Waals surface area (Å²) in [6.07, 6.45) is 1.88. The van der Waals surface area contributed by atoms with Crippen LogP contribution in [0.1, 0.15) is 26.3 Å². The standard InChI is InChI=1S/C16H29N5/c1-16(2,3)15-13(11-19-20-15)10-17-9-12-6-7-18-14(8-12)21(4)5/h6-8,13,15,17,19-20H,9-11H2,1-5H3. The van der Waals surface area contributed by atoms with Gasteiger partial charge in [-0.2, -0.15) is 0 Å². The zero-order valence-corrected chi connectivity index (χ0v) is 13.9. The predicted octanol–water partition coefficient (Wildman–Crippen LogP) is 1.38. The molecule has 0 aliphatic carbocycles. The van der Waals surface area contributed by atoms with Crippen molar-refractivity contribution in [2.45, 2.75) is 33.4 Å². The Morgan fingerprint density at radius 3 is 2.81 bits per heavy atom. The fourth-order valence-electron chi connectivity index (χ4n) is 2.87. The molecule has 0 bridgehead atoms. The molecular formula is C16H29N5. The van der Waals surface area contributed by atoms with E-state index in [1.54, 1.807) is 0 Å². The third kappa shape index (κ3) is 4.40. The largest absolute Gasteiger partial charge is 0.363 e. The van der Waals surface area contributed by atoms with E-state index in [2.05, 4.69) is 54.1 Å². The van der Waals surface area contributed by atoms with Crippen molar-refractivity contribution in [3.8, 4) is 0 Å². The van der Waals surface area contributed by atoms with Gasteiger partial charge in [0.1, 0.15) is 5.82 Å². The summed E-state index contributed by atoms with van der Waals surface area (Å²) in [5.74, 6) is 1.62. The van der Waals surface area contributed by atoms with Gasteiger partial charge < -0.3 is 10.2 Å². The van der Waals surface area contributed by atoms with Crippen molar-refractivity contribution in [1.29, 1.82) is 0 Å². The average molecular weight is 291 g/mol. The molecule has 0 amide bonds. The second-order valence-corrected chi connectivity index (χ2v) is 7.18. The first-order chi connectivity index (χ1) is 9.88. The summed E-state index contributed by atoms with van der Waals surface area (Å²) < 4.78 is 0. The normalized spacial score (nSPS) is 22.5. The zero-order valence-electron chi connectivity index (χ0n) is 13.9. The fourth-order valence-corrected chi connectivity index (χ4v) is 2.87. The maximum Gasteiger partial charge on any atom is 0.128 e. The molecule has 1 aromatic rings. The Bertz CT molecular complexity index is 452. The molecule has 5 heteroatoms. The topological polar surface area (TPSA) is 52.2 Å². The molecular weight excluding hydrogens is 262 g/mol. The number of aromatic nitrogens is 1. The molecule has 0 radical (unpaired) electrons. The summed E-state index contributed by atoms with van der Waals surface area (Å²) in [7, 11) is 4.03. The first kappa shape index (κ1) is 16.2. The number of hydrazine groups is 1. The quantitative estimate of drug-likeness (QED) is 0.765. The van der Waals surface area contributed by atoms with Crippen LogP contribution in [0, 0.1) is 11.3 Å². The number of rotatable bonds is 5. The fraction of sp³-hybridized carbons (Fsp3) is 0.688. The Balaban J connectivity index is 1.85. The lowest BCUT2D eigenvalue weighted by molar-refractivity contribution is 0.235. The van der Waals surface area contributed by atoms with Crippen molar-refractivity contribution >= 4 is 5.82 Å². The second kappa shape index (κ2) is 6.73. The van der Waals surface area contributed by atoms with Gasteiger partial charge in [0.15, 0.2) is 0 Å². The van der Waals surface area contributed by atoms with Crippen LogP contribution in [0.4, 0.5) is 5.82 Å².